The van der Waals surface area contributed by atoms with Crippen LogP contribution in [0.25, 0.3) is 0 Å². The van der Waals surface area contributed by atoms with Gasteiger partial charge in [-0.25, -0.2) is 0 Å². The van der Waals surface area contributed by atoms with Gasteiger partial charge in [-0.15, -0.1) is 5.10 Å². The molecule has 1 aliphatic rings. The molecule has 2 unspecified atom stereocenters. The van der Waals surface area contributed by atoms with Crippen LogP contribution in [0.4, 0.5) is 0 Å². The van der Waals surface area contributed by atoms with Crippen molar-refractivity contribution in [1.82, 2.24) is 25.2 Å². The van der Waals surface area contributed by atoms with Gasteiger partial charge in [-0.3, -0.25) is 14.3 Å². The number of rotatable bonds is 3. The number of hydrogen-bond donors (Lipinski definition) is 1. The van der Waals surface area contributed by atoms with Crippen LogP contribution in [0.2, 0.25) is 0 Å². The number of carbonyl (C=O) groups is 2. The second kappa shape index (κ2) is 4.99. The predicted octanol–water partition coefficient (Wildman–Crippen LogP) is -0.313. The third-order valence-electron chi connectivity index (χ3n) is 3.23. The molecule has 0 aliphatic carbocycles. The average molecular weight is 265 g/mol. The zero-order valence-electron chi connectivity index (χ0n) is 11.6. The van der Waals surface area contributed by atoms with Gasteiger partial charge in [-0.05, 0) is 12.8 Å². The minimum atomic E-state index is -0.487. The van der Waals surface area contributed by atoms with Crippen molar-refractivity contribution in [1.29, 1.82) is 0 Å². The van der Waals surface area contributed by atoms with E-state index in [1.807, 2.05) is 13.8 Å². The van der Waals surface area contributed by atoms with Crippen molar-refractivity contribution < 1.29 is 9.59 Å². The van der Waals surface area contributed by atoms with Gasteiger partial charge in [-0.1, -0.05) is 19.1 Å². The third kappa shape index (κ3) is 2.59. The predicted molar refractivity (Wildman–Crippen MR) is 67.8 cm³/mol. The summed E-state index contributed by atoms with van der Waals surface area (Å²) in [6, 6.07) is -0.940. The van der Waals surface area contributed by atoms with E-state index in [0.717, 1.165) is 0 Å². The first-order valence-corrected chi connectivity index (χ1v) is 6.36. The Labute approximate surface area is 112 Å². The van der Waals surface area contributed by atoms with Crippen molar-refractivity contribution in [2.45, 2.75) is 39.4 Å². The zero-order valence-corrected chi connectivity index (χ0v) is 11.6. The maximum atomic E-state index is 12.3. The molecule has 1 N–H and O–H groups in total. The molecule has 1 fully saturated rings. The van der Waals surface area contributed by atoms with Gasteiger partial charge >= 0.3 is 0 Å². The second-order valence-corrected chi connectivity index (χ2v) is 5.27. The highest BCUT2D eigenvalue weighted by atomic mass is 16.2. The summed E-state index contributed by atoms with van der Waals surface area (Å²) in [5.41, 5.74) is 0.684. The van der Waals surface area contributed by atoms with E-state index in [2.05, 4.69) is 15.6 Å². The summed E-state index contributed by atoms with van der Waals surface area (Å²) in [4.78, 5) is 25.9. The molecule has 1 aromatic rings. The fraction of sp³-hybridized carbons (Fsp3) is 0.667. The van der Waals surface area contributed by atoms with Crippen molar-refractivity contribution in [2.75, 3.05) is 0 Å². The Morgan fingerprint density at radius 3 is 2.63 bits per heavy atom. The van der Waals surface area contributed by atoms with E-state index >= 15 is 0 Å². The van der Waals surface area contributed by atoms with Crippen molar-refractivity contribution in [3.05, 3.63) is 11.9 Å². The van der Waals surface area contributed by atoms with E-state index in [0.29, 0.717) is 12.2 Å². The molecule has 0 radical (unpaired) electrons. The topological polar surface area (TPSA) is 80.1 Å². The molecule has 2 atom stereocenters. The van der Waals surface area contributed by atoms with Crippen LogP contribution in [0, 0.1) is 5.92 Å². The Balaban J connectivity index is 2.25. The molecule has 2 amide bonds. The summed E-state index contributed by atoms with van der Waals surface area (Å²) >= 11 is 0. The molecule has 0 bridgehead atoms. The van der Waals surface area contributed by atoms with Crippen LogP contribution in [0.1, 0.15) is 26.5 Å². The van der Waals surface area contributed by atoms with Crippen LogP contribution in [-0.2, 0) is 23.2 Å². The number of amides is 2. The summed E-state index contributed by atoms with van der Waals surface area (Å²) in [5, 5.41) is 10.5. The van der Waals surface area contributed by atoms with Gasteiger partial charge in [0.2, 0.25) is 11.8 Å². The number of nitrogens with one attached hydrogen (secondary N) is 1. The summed E-state index contributed by atoms with van der Waals surface area (Å²) in [7, 11) is 1.77. The smallest absolute Gasteiger partial charge is 0.245 e. The Morgan fingerprint density at radius 2 is 2.11 bits per heavy atom. The molecule has 0 aromatic carbocycles. The highest BCUT2D eigenvalue weighted by Crippen LogP contribution is 2.19. The number of hydrogen-bond acceptors (Lipinski definition) is 4. The summed E-state index contributed by atoms with van der Waals surface area (Å²) in [5.74, 6) is -0.136. The van der Waals surface area contributed by atoms with E-state index < -0.39 is 12.1 Å². The highest BCUT2D eigenvalue weighted by molar-refractivity contribution is 5.96. The molecule has 2 rings (SSSR count). The van der Waals surface area contributed by atoms with Crippen molar-refractivity contribution in [3.8, 4) is 0 Å². The normalized spacial score (nSPS) is 23.9. The SMILES string of the molecule is CC1NC(=O)C(C(C)C)N(Cc2cn(C)nn2)C1=O. The summed E-state index contributed by atoms with van der Waals surface area (Å²) in [6.07, 6.45) is 1.75. The number of piperazine rings is 1. The Kier molecular flexibility index (Phi) is 3.55. The van der Waals surface area contributed by atoms with E-state index in [-0.39, 0.29) is 17.7 Å². The van der Waals surface area contributed by atoms with Crippen LogP contribution in [0.5, 0.6) is 0 Å². The third-order valence-corrected chi connectivity index (χ3v) is 3.23. The highest BCUT2D eigenvalue weighted by Gasteiger charge is 2.40. The maximum absolute atomic E-state index is 12.3. The molecule has 1 aromatic heterocycles. The van der Waals surface area contributed by atoms with Crippen LogP contribution in [0.3, 0.4) is 0 Å². The Bertz CT molecular complexity index is 496. The molecule has 104 valence electrons. The molecule has 19 heavy (non-hydrogen) atoms. The first-order chi connectivity index (χ1) is 8.90. The summed E-state index contributed by atoms with van der Waals surface area (Å²) < 4.78 is 1.58. The van der Waals surface area contributed by atoms with Gasteiger partial charge in [0.25, 0.3) is 0 Å². The molecule has 1 aliphatic heterocycles. The monoisotopic (exact) mass is 265 g/mol. The van der Waals surface area contributed by atoms with Gasteiger partial charge in [0.1, 0.15) is 17.8 Å². The molecule has 0 saturated carbocycles. The van der Waals surface area contributed by atoms with E-state index in [1.54, 1.807) is 29.7 Å². The maximum Gasteiger partial charge on any atom is 0.245 e. The molecule has 7 heteroatoms. The van der Waals surface area contributed by atoms with Crippen molar-refractivity contribution >= 4 is 11.8 Å². The van der Waals surface area contributed by atoms with E-state index in [4.69, 9.17) is 0 Å². The fourth-order valence-corrected chi connectivity index (χ4v) is 2.37. The zero-order chi connectivity index (χ0) is 14.2. The first kappa shape index (κ1) is 13.5. The molecule has 7 nitrogen and oxygen atoms in total. The lowest BCUT2D eigenvalue weighted by molar-refractivity contribution is -0.151. The van der Waals surface area contributed by atoms with Crippen LogP contribution in [0.15, 0.2) is 6.20 Å². The number of nitrogens with zero attached hydrogens (tertiary/aromatic N) is 4. The minimum absolute atomic E-state index is 0.0492. The standard InChI is InChI=1S/C12H19N5O2/c1-7(2)10-11(18)13-8(3)12(19)17(10)6-9-5-16(4)15-14-9/h5,7-8,10H,6H2,1-4H3,(H,13,18). The van der Waals surface area contributed by atoms with E-state index in [1.165, 1.54) is 0 Å². The van der Waals surface area contributed by atoms with Crippen LogP contribution in [-0.4, -0.2) is 43.8 Å². The van der Waals surface area contributed by atoms with Crippen LogP contribution >= 0.6 is 0 Å². The largest absolute Gasteiger partial charge is 0.343 e. The second-order valence-electron chi connectivity index (χ2n) is 5.27. The Morgan fingerprint density at radius 1 is 1.42 bits per heavy atom. The first-order valence-electron chi connectivity index (χ1n) is 6.36. The Hall–Kier alpha value is -1.92. The minimum Gasteiger partial charge on any atom is -0.343 e. The van der Waals surface area contributed by atoms with Gasteiger partial charge in [0.15, 0.2) is 0 Å². The summed E-state index contributed by atoms with van der Waals surface area (Å²) in [6.45, 7) is 5.86. The number of carbonyl (C=O) groups excluding carboxylic acids is 2. The lowest BCUT2D eigenvalue weighted by Gasteiger charge is -2.39. The average Bonchev–Trinajstić information content (AvgIpc) is 2.71. The van der Waals surface area contributed by atoms with Gasteiger partial charge in [0.05, 0.1) is 6.54 Å². The van der Waals surface area contributed by atoms with Crippen molar-refractivity contribution in [3.63, 3.8) is 0 Å². The van der Waals surface area contributed by atoms with E-state index in [9.17, 15) is 9.59 Å². The van der Waals surface area contributed by atoms with Gasteiger partial charge in [-0.2, -0.15) is 0 Å². The molecule has 0 spiro atoms. The number of aryl methyl sites for hydroxylation is 1. The molecule has 2 heterocycles. The molecular formula is C12H19N5O2. The lowest BCUT2D eigenvalue weighted by atomic mass is 9.97. The quantitative estimate of drug-likeness (QED) is 0.812. The fourth-order valence-electron chi connectivity index (χ4n) is 2.37. The lowest BCUT2D eigenvalue weighted by Crippen LogP contribution is -2.63. The molecule has 1 saturated heterocycles. The molecular weight excluding hydrogens is 246 g/mol. The van der Waals surface area contributed by atoms with Gasteiger partial charge < -0.3 is 10.2 Å². The van der Waals surface area contributed by atoms with Crippen LogP contribution < -0.4 is 5.32 Å². The van der Waals surface area contributed by atoms with Crippen molar-refractivity contribution in [2.24, 2.45) is 13.0 Å². The van der Waals surface area contributed by atoms with Gasteiger partial charge in [0, 0.05) is 13.2 Å². The number of aromatic nitrogens is 3.